The van der Waals surface area contributed by atoms with E-state index in [0.29, 0.717) is 18.8 Å². The highest BCUT2D eigenvalue weighted by molar-refractivity contribution is 6.32. The molecule has 92 valence electrons. The molecule has 0 N–H and O–H groups in total. The minimum atomic E-state index is -0.199. The first kappa shape index (κ1) is 13.8. The topological polar surface area (TPSA) is 55.1 Å². The Hall–Kier alpha value is -1.31. The molecule has 0 spiro atoms. The number of aromatic nitrogens is 1. The molecule has 1 aromatic heterocycles. The van der Waals surface area contributed by atoms with Crippen molar-refractivity contribution >= 4 is 11.6 Å². The van der Waals surface area contributed by atoms with Gasteiger partial charge in [0.15, 0.2) is 0 Å². The first-order valence-electron chi connectivity index (χ1n) is 5.25. The summed E-state index contributed by atoms with van der Waals surface area (Å²) in [4.78, 5) is 3.96. The van der Waals surface area contributed by atoms with Crippen molar-refractivity contribution in [1.82, 2.24) is 4.98 Å². The lowest BCUT2D eigenvalue weighted by Gasteiger charge is -2.19. The van der Waals surface area contributed by atoms with Crippen LogP contribution in [0.2, 0.25) is 5.02 Å². The second kappa shape index (κ2) is 5.85. The molecular formula is C12H15ClN2O2. The van der Waals surface area contributed by atoms with Crippen molar-refractivity contribution in [2.75, 3.05) is 13.2 Å². The van der Waals surface area contributed by atoms with Gasteiger partial charge in [0.1, 0.15) is 17.7 Å². The minimum absolute atomic E-state index is 0.199. The highest BCUT2D eigenvalue weighted by atomic mass is 35.5. The maximum atomic E-state index is 8.78. The lowest BCUT2D eigenvalue weighted by molar-refractivity contribution is -0.0167. The summed E-state index contributed by atoms with van der Waals surface area (Å²) in [5.74, 6) is 0.267. The summed E-state index contributed by atoms with van der Waals surface area (Å²) in [6, 6.07) is 3.51. The Kier molecular flexibility index (Phi) is 4.73. The quantitative estimate of drug-likeness (QED) is 0.776. The van der Waals surface area contributed by atoms with E-state index in [0.717, 1.165) is 0 Å². The van der Waals surface area contributed by atoms with Crippen LogP contribution in [0.4, 0.5) is 0 Å². The fraction of sp³-hybridized carbons (Fsp3) is 0.500. The van der Waals surface area contributed by atoms with Crippen LogP contribution in [0.3, 0.4) is 0 Å². The standard InChI is InChI=1S/C12H15ClN2O2/c1-12(2,3)17-7-6-16-11-10(13)9(8-14)4-5-15-11/h4-5H,6-7H2,1-3H3. The third kappa shape index (κ3) is 4.59. The zero-order valence-electron chi connectivity index (χ0n) is 10.2. The zero-order valence-corrected chi connectivity index (χ0v) is 10.9. The molecule has 0 amide bonds. The maximum Gasteiger partial charge on any atom is 0.234 e. The van der Waals surface area contributed by atoms with Gasteiger partial charge in [-0.3, -0.25) is 0 Å². The summed E-state index contributed by atoms with van der Waals surface area (Å²) >= 11 is 5.93. The van der Waals surface area contributed by atoms with Crippen molar-refractivity contribution in [2.45, 2.75) is 26.4 Å². The van der Waals surface area contributed by atoms with Crippen LogP contribution >= 0.6 is 11.6 Å². The van der Waals surface area contributed by atoms with Gasteiger partial charge in [-0.25, -0.2) is 4.98 Å². The highest BCUT2D eigenvalue weighted by Gasteiger charge is 2.11. The van der Waals surface area contributed by atoms with E-state index in [2.05, 4.69) is 4.98 Å². The summed E-state index contributed by atoms with van der Waals surface area (Å²) in [7, 11) is 0. The molecule has 1 heterocycles. The monoisotopic (exact) mass is 254 g/mol. The summed E-state index contributed by atoms with van der Waals surface area (Å²) in [6.45, 7) is 6.69. The molecule has 0 aliphatic heterocycles. The molecule has 0 saturated carbocycles. The van der Waals surface area contributed by atoms with Gasteiger partial charge in [-0.05, 0) is 26.8 Å². The Bertz CT molecular complexity index is 421. The normalized spacial score (nSPS) is 11.0. The molecule has 1 rings (SSSR count). The second-order valence-corrected chi connectivity index (χ2v) is 4.78. The average molecular weight is 255 g/mol. The number of nitrogens with zero attached hydrogens (tertiary/aromatic N) is 2. The first-order chi connectivity index (χ1) is 7.94. The first-order valence-corrected chi connectivity index (χ1v) is 5.63. The molecule has 17 heavy (non-hydrogen) atoms. The zero-order chi connectivity index (χ0) is 12.9. The molecule has 0 bridgehead atoms. The van der Waals surface area contributed by atoms with Crippen molar-refractivity contribution in [3.8, 4) is 11.9 Å². The van der Waals surface area contributed by atoms with E-state index in [1.807, 2.05) is 26.8 Å². The number of pyridine rings is 1. The largest absolute Gasteiger partial charge is 0.474 e. The molecule has 0 saturated heterocycles. The highest BCUT2D eigenvalue weighted by Crippen LogP contribution is 2.24. The molecule has 0 fully saturated rings. The Morgan fingerprint density at radius 3 is 2.71 bits per heavy atom. The van der Waals surface area contributed by atoms with Gasteiger partial charge >= 0.3 is 0 Å². The van der Waals surface area contributed by atoms with Crippen molar-refractivity contribution in [2.24, 2.45) is 0 Å². The molecule has 0 atom stereocenters. The van der Waals surface area contributed by atoms with Crippen LogP contribution in [0.15, 0.2) is 12.3 Å². The van der Waals surface area contributed by atoms with E-state index in [4.69, 9.17) is 26.3 Å². The van der Waals surface area contributed by atoms with Gasteiger partial charge < -0.3 is 9.47 Å². The van der Waals surface area contributed by atoms with E-state index in [9.17, 15) is 0 Å². The summed E-state index contributed by atoms with van der Waals surface area (Å²) in [5, 5.41) is 9.02. The van der Waals surface area contributed by atoms with Gasteiger partial charge in [-0.1, -0.05) is 11.6 Å². The van der Waals surface area contributed by atoms with Gasteiger partial charge in [0.2, 0.25) is 5.88 Å². The van der Waals surface area contributed by atoms with Gasteiger partial charge in [0.05, 0.1) is 17.8 Å². The van der Waals surface area contributed by atoms with Crippen molar-refractivity contribution in [3.05, 3.63) is 22.8 Å². The summed E-state index contributed by atoms with van der Waals surface area (Å²) < 4.78 is 10.8. The number of hydrogen-bond donors (Lipinski definition) is 0. The summed E-state index contributed by atoms with van der Waals surface area (Å²) in [6.07, 6.45) is 1.49. The second-order valence-electron chi connectivity index (χ2n) is 4.40. The smallest absolute Gasteiger partial charge is 0.234 e. The van der Waals surface area contributed by atoms with Crippen molar-refractivity contribution in [1.29, 1.82) is 5.26 Å². The molecule has 0 aliphatic rings. The van der Waals surface area contributed by atoms with E-state index in [1.165, 1.54) is 6.20 Å². The molecule has 0 unspecified atom stereocenters. The fourth-order valence-corrected chi connectivity index (χ4v) is 1.31. The molecular weight excluding hydrogens is 240 g/mol. The Morgan fingerprint density at radius 2 is 2.12 bits per heavy atom. The van der Waals surface area contributed by atoms with Crippen LogP contribution in [0.5, 0.6) is 5.88 Å². The number of ether oxygens (including phenoxy) is 2. The number of nitriles is 1. The van der Waals surface area contributed by atoms with Crippen LogP contribution in [-0.4, -0.2) is 23.8 Å². The molecule has 5 heteroatoms. The van der Waals surface area contributed by atoms with Crippen LogP contribution in [0.25, 0.3) is 0 Å². The lowest BCUT2D eigenvalue weighted by atomic mass is 10.2. The van der Waals surface area contributed by atoms with Gasteiger partial charge in [0.25, 0.3) is 0 Å². The molecule has 0 radical (unpaired) electrons. The van der Waals surface area contributed by atoms with Crippen LogP contribution in [0, 0.1) is 11.3 Å². The van der Waals surface area contributed by atoms with E-state index >= 15 is 0 Å². The number of halogens is 1. The fourth-order valence-electron chi connectivity index (χ4n) is 1.10. The van der Waals surface area contributed by atoms with Gasteiger partial charge in [0, 0.05) is 6.20 Å². The van der Waals surface area contributed by atoms with Crippen molar-refractivity contribution < 1.29 is 9.47 Å². The minimum Gasteiger partial charge on any atom is -0.474 e. The predicted octanol–water partition coefficient (Wildman–Crippen LogP) is 2.80. The lowest BCUT2D eigenvalue weighted by Crippen LogP contribution is -2.22. The number of hydrogen-bond acceptors (Lipinski definition) is 4. The Labute approximate surface area is 106 Å². The van der Waals surface area contributed by atoms with Crippen LogP contribution < -0.4 is 4.74 Å². The van der Waals surface area contributed by atoms with Gasteiger partial charge in [-0.15, -0.1) is 0 Å². The van der Waals surface area contributed by atoms with Crippen LogP contribution in [-0.2, 0) is 4.74 Å². The Morgan fingerprint density at radius 1 is 1.41 bits per heavy atom. The van der Waals surface area contributed by atoms with E-state index < -0.39 is 0 Å². The van der Waals surface area contributed by atoms with Crippen molar-refractivity contribution in [3.63, 3.8) is 0 Å². The Balaban J connectivity index is 2.51. The molecule has 0 aliphatic carbocycles. The van der Waals surface area contributed by atoms with E-state index in [-0.39, 0.29) is 16.5 Å². The SMILES string of the molecule is CC(C)(C)OCCOc1nccc(C#N)c1Cl. The maximum absolute atomic E-state index is 8.78. The average Bonchev–Trinajstić information content (AvgIpc) is 2.25. The predicted molar refractivity (Wildman–Crippen MR) is 65.2 cm³/mol. The van der Waals surface area contributed by atoms with Crippen LogP contribution in [0.1, 0.15) is 26.3 Å². The number of rotatable bonds is 4. The third-order valence-corrected chi connectivity index (χ3v) is 2.20. The van der Waals surface area contributed by atoms with E-state index in [1.54, 1.807) is 6.07 Å². The summed E-state index contributed by atoms with van der Waals surface area (Å²) in [5.41, 5.74) is 0.156. The molecule has 1 aromatic rings. The molecule has 4 nitrogen and oxygen atoms in total. The van der Waals surface area contributed by atoms with Gasteiger partial charge in [-0.2, -0.15) is 5.26 Å². The molecule has 0 aromatic carbocycles. The third-order valence-electron chi connectivity index (χ3n) is 1.83.